The Morgan fingerprint density at radius 1 is 1.38 bits per heavy atom. The third-order valence-corrected chi connectivity index (χ3v) is 4.54. The molecule has 1 aromatic carbocycles. The molecule has 2 unspecified atom stereocenters. The number of benzene rings is 1. The molecule has 1 N–H and O–H groups in total. The summed E-state index contributed by atoms with van der Waals surface area (Å²) in [5.41, 5.74) is 1.16. The van der Waals surface area contributed by atoms with E-state index < -0.39 is 0 Å². The van der Waals surface area contributed by atoms with E-state index in [1.807, 2.05) is 12.1 Å². The van der Waals surface area contributed by atoms with Crippen LogP contribution in [0.2, 0.25) is 0 Å². The van der Waals surface area contributed by atoms with E-state index >= 15 is 0 Å². The molecule has 2 aromatic rings. The molecule has 0 saturated carbocycles. The number of nitrogens with zero attached hydrogens (tertiary/aromatic N) is 2. The SMILES string of the molecule is N#Cc1cc2ccc(C(=O)NC3CN4CC[C@H]3C4)cc2o1. The van der Waals surface area contributed by atoms with Crippen molar-refractivity contribution in [1.82, 2.24) is 10.2 Å². The Labute approximate surface area is 122 Å². The minimum absolute atomic E-state index is 0.0643. The molecule has 4 rings (SSSR count). The standard InChI is InChI=1S/C16H15N3O2/c17-7-13-5-10-1-2-11(6-15(10)21-13)16(20)18-14-9-19-4-3-12(14)8-19/h1-2,5-6,12,14H,3-4,8-9H2,(H,18,20)/t12-,14?/m0/s1. The van der Waals surface area contributed by atoms with E-state index in [1.165, 1.54) is 6.42 Å². The Kier molecular flexibility index (Phi) is 2.72. The highest BCUT2D eigenvalue weighted by Crippen LogP contribution is 2.28. The lowest BCUT2D eigenvalue weighted by atomic mass is 9.99. The van der Waals surface area contributed by atoms with Gasteiger partial charge >= 0.3 is 0 Å². The molecule has 0 spiro atoms. The summed E-state index contributed by atoms with van der Waals surface area (Å²) in [6.07, 6.45) is 1.17. The predicted molar refractivity (Wildman–Crippen MR) is 76.7 cm³/mol. The van der Waals surface area contributed by atoms with Crippen LogP contribution in [0.15, 0.2) is 28.7 Å². The first-order valence-corrected chi connectivity index (χ1v) is 7.20. The van der Waals surface area contributed by atoms with E-state index in [1.54, 1.807) is 18.2 Å². The fourth-order valence-electron chi connectivity index (χ4n) is 3.43. The predicted octanol–water partition coefficient (Wildman–Crippen LogP) is 1.74. The summed E-state index contributed by atoms with van der Waals surface area (Å²) in [6, 6.07) is 9.21. The molecule has 1 amide bonds. The molecule has 2 bridgehead atoms. The molecule has 5 nitrogen and oxygen atoms in total. The van der Waals surface area contributed by atoms with E-state index in [2.05, 4.69) is 10.2 Å². The molecule has 21 heavy (non-hydrogen) atoms. The van der Waals surface area contributed by atoms with E-state index in [0.29, 0.717) is 17.1 Å². The lowest BCUT2D eigenvalue weighted by molar-refractivity contribution is 0.0924. The van der Waals surface area contributed by atoms with Crippen molar-refractivity contribution in [1.29, 1.82) is 5.26 Å². The zero-order valence-electron chi connectivity index (χ0n) is 11.5. The molecular weight excluding hydrogens is 266 g/mol. The number of nitrogens with one attached hydrogen (secondary N) is 1. The van der Waals surface area contributed by atoms with Crippen molar-refractivity contribution in [2.24, 2.45) is 5.92 Å². The van der Waals surface area contributed by atoms with Crippen LogP contribution in [0.4, 0.5) is 0 Å². The number of hydrogen-bond acceptors (Lipinski definition) is 4. The number of amides is 1. The molecule has 3 heterocycles. The molecule has 2 fully saturated rings. The number of nitriles is 1. The molecule has 0 aliphatic carbocycles. The number of carbonyl (C=O) groups is 1. The number of carbonyl (C=O) groups excluding carboxylic acids is 1. The Bertz CT molecular complexity index is 758. The van der Waals surface area contributed by atoms with Gasteiger partial charge in [0.05, 0.1) is 0 Å². The largest absolute Gasteiger partial charge is 0.446 e. The van der Waals surface area contributed by atoms with Gasteiger partial charge in [0.25, 0.3) is 5.91 Å². The highest BCUT2D eigenvalue weighted by Gasteiger charge is 2.38. The van der Waals surface area contributed by atoms with Gasteiger partial charge in [-0.3, -0.25) is 4.79 Å². The van der Waals surface area contributed by atoms with E-state index in [-0.39, 0.29) is 17.7 Å². The van der Waals surface area contributed by atoms with Crippen molar-refractivity contribution < 1.29 is 9.21 Å². The first-order valence-electron chi connectivity index (χ1n) is 7.20. The van der Waals surface area contributed by atoms with Gasteiger partial charge < -0.3 is 14.6 Å². The summed E-state index contributed by atoms with van der Waals surface area (Å²) >= 11 is 0. The lowest BCUT2D eigenvalue weighted by Crippen LogP contribution is -2.43. The molecule has 2 aliphatic heterocycles. The number of fused-ring (bicyclic) bond motifs is 3. The molecule has 1 aromatic heterocycles. The van der Waals surface area contributed by atoms with Crippen LogP contribution in [0.3, 0.4) is 0 Å². The molecule has 2 saturated heterocycles. The van der Waals surface area contributed by atoms with Crippen molar-refractivity contribution in [3.05, 3.63) is 35.6 Å². The maximum atomic E-state index is 12.4. The van der Waals surface area contributed by atoms with E-state index in [4.69, 9.17) is 9.68 Å². The molecule has 3 atom stereocenters. The Balaban J connectivity index is 1.55. The molecule has 2 aliphatic rings. The van der Waals surface area contributed by atoms with Crippen LogP contribution in [-0.4, -0.2) is 36.5 Å². The highest BCUT2D eigenvalue weighted by molar-refractivity contribution is 5.97. The summed E-state index contributed by atoms with van der Waals surface area (Å²) in [5.74, 6) is 0.792. The third-order valence-electron chi connectivity index (χ3n) is 4.54. The van der Waals surface area contributed by atoms with Gasteiger partial charge in [0.15, 0.2) is 0 Å². The molecule has 5 heteroatoms. The van der Waals surface area contributed by atoms with Crippen LogP contribution in [0.5, 0.6) is 0 Å². The average molecular weight is 281 g/mol. The summed E-state index contributed by atoms with van der Waals surface area (Å²) < 4.78 is 5.38. The monoisotopic (exact) mass is 281 g/mol. The molecular formula is C16H15N3O2. The van der Waals surface area contributed by atoms with Crippen molar-refractivity contribution in [3.63, 3.8) is 0 Å². The third kappa shape index (κ3) is 2.08. The number of hydrogen-bond donors (Lipinski definition) is 1. The zero-order valence-corrected chi connectivity index (χ0v) is 11.5. The second-order valence-corrected chi connectivity index (χ2v) is 5.86. The maximum Gasteiger partial charge on any atom is 0.251 e. The summed E-state index contributed by atoms with van der Waals surface area (Å²) in [4.78, 5) is 14.8. The van der Waals surface area contributed by atoms with Gasteiger partial charge in [-0.2, -0.15) is 5.26 Å². The Hall–Kier alpha value is -2.32. The van der Waals surface area contributed by atoms with E-state index in [9.17, 15) is 4.79 Å². The van der Waals surface area contributed by atoms with Gasteiger partial charge in [-0.15, -0.1) is 0 Å². The highest BCUT2D eigenvalue weighted by atomic mass is 16.3. The maximum absolute atomic E-state index is 12.4. The summed E-state index contributed by atoms with van der Waals surface area (Å²) in [5, 5.41) is 12.8. The van der Waals surface area contributed by atoms with Gasteiger partial charge in [-0.25, -0.2) is 0 Å². The summed E-state index contributed by atoms with van der Waals surface area (Å²) in [7, 11) is 0. The molecule has 0 radical (unpaired) electrons. The number of rotatable bonds is 2. The number of furan rings is 1. The first-order chi connectivity index (χ1) is 10.2. The fourth-order valence-corrected chi connectivity index (χ4v) is 3.43. The van der Waals surface area contributed by atoms with Crippen molar-refractivity contribution in [2.45, 2.75) is 12.5 Å². The van der Waals surface area contributed by atoms with Crippen LogP contribution in [0.25, 0.3) is 11.0 Å². The Morgan fingerprint density at radius 3 is 3.00 bits per heavy atom. The van der Waals surface area contributed by atoms with Gasteiger partial charge in [-0.05, 0) is 31.0 Å². The van der Waals surface area contributed by atoms with Gasteiger partial charge in [-0.1, -0.05) is 6.07 Å². The Morgan fingerprint density at radius 2 is 2.29 bits per heavy atom. The lowest BCUT2D eigenvalue weighted by Gasteiger charge is -2.23. The minimum Gasteiger partial charge on any atom is -0.446 e. The van der Waals surface area contributed by atoms with Gasteiger partial charge in [0.2, 0.25) is 5.76 Å². The van der Waals surface area contributed by atoms with Crippen molar-refractivity contribution >= 4 is 16.9 Å². The number of piperidine rings is 1. The van der Waals surface area contributed by atoms with Crippen molar-refractivity contribution in [2.75, 3.05) is 19.6 Å². The second-order valence-electron chi connectivity index (χ2n) is 5.86. The minimum atomic E-state index is -0.0643. The van der Waals surface area contributed by atoms with Gasteiger partial charge in [0, 0.05) is 36.1 Å². The fraction of sp³-hybridized carbons (Fsp3) is 0.375. The van der Waals surface area contributed by atoms with Crippen LogP contribution in [0, 0.1) is 17.2 Å². The van der Waals surface area contributed by atoms with E-state index in [0.717, 1.165) is 25.0 Å². The molecule has 106 valence electrons. The topological polar surface area (TPSA) is 69.3 Å². The summed E-state index contributed by atoms with van der Waals surface area (Å²) in [6.45, 7) is 3.22. The quantitative estimate of drug-likeness (QED) is 0.910. The first kappa shape index (κ1) is 12.4. The normalized spacial score (nSPS) is 26.9. The average Bonchev–Trinajstić information content (AvgIpc) is 3.20. The van der Waals surface area contributed by atoms with Crippen molar-refractivity contribution in [3.8, 4) is 6.07 Å². The van der Waals surface area contributed by atoms with Crippen LogP contribution < -0.4 is 5.32 Å². The van der Waals surface area contributed by atoms with Crippen LogP contribution in [-0.2, 0) is 0 Å². The smallest absolute Gasteiger partial charge is 0.251 e. The van der Waals surface area contributed by atoms with Gasteiger partial charge in [0.1, 0.15) is 11.7 Å². The van der Waals surface area contributed by atoms with Crippen LogP contribution >= 0.6 is 0 Å². The zero-order chi connectivity index (χ0) is 14.4. The van der Waals surface area contributed by atoms with Crippen LogP contribution in [0.1, 0.15) is 22.5 Å². The second kappa shape index (κ2) is 4.61.